The zero-order valence-corrected chi connectivity index (χ0v) is 23.0. The lowest BCUT2D eigenvalue weighted by Gasteiger charge is -2.28. The number of para-hydroxylation sites is 1. The van der Waals surface area contributed by atoms with Crippen molar-refractivity contribution in [2.75, 3.05) is 29.6 Å². The number of likely N-dealkylation sites (tertiary alicyclic amines) is 1. The van der Waals surface area contributed by atoms with E-state index in [1.807, 2.05) is 66.7 Å². The van der Waals surface area contributed by atoms with Gasteiger partial charge in [-0.3, -0.25) is 9.59 Å². The molecule has 40 heavy (non-hydrogen) atoms. The molecule has 2 atom stereocenters. The highest BCUT2D eigenvalue weighted by Gasteiger charge is 2.37. The van der Waals surface area contributed by atoms with Gasteiger partial charge in [0.1, 0.15) is 12.1 Å². The number of alkyl carbamates (subject to hydrolysis) is 1. The summed E-state index contributed by atoms with van der Waals surface area (Å²) in [5.74, 6) is -0.510. The van der Waals surface area contributed by atoms with Crippen LogP contribution in [0.15, 0.2) is 78.9 Å². The number of rotatable bonds is 10. The Morgan fingerprint density at radius 3 is 2.20 bits per heavy atom. The second-order valence-corrected chi connectivity index (χ2v) is 9.91. The van der Waals surface area contributed by atoms with Crippen molar-refractivity contribution < 1.29 is 19.1 Å². The van der Waals surface area contributed by atoms with Crippen LogP contribution in [0.5, 0.6) is 0 Å². The second-order valence-electron chi connectivity index (χ2n) is 9.91. The number of nitrogen functional groups attached to an aromatic ring is 1. The molecule has 0 spiro atoms. The fourth-order valence-electron chi connectivity index (χ4n) is 4.90. The largest absolute Gasteiger partial charge is 0.453 e. The summed E-state index contributed by atoms with van der Waals surface area (Å²) in [5, 5.41) is 5.52. The molecule has 0 aromatic heterocycles. The van der Waals surface area contributed by atoms with Crippen molar-refractivity contribution in [2.45, 2.75) is 51.4 Å². The minimum atomic E-state index is -0.735. The standard InChI is InChI=1S/C31H37N5O4/c1-3-27(34-31(39)40-2)30(38)36-19-7-10-28(36)29(37)33-25-17-13-23(14-18-25)21-35(26-8-5-4-6-9-26)20-22-11-15-24(32)16-12-22/h4-6,8-9,11-18,27-28H,3,7,10,19-21,32H2,1-2H3,(H,33,37)(H,34,39)/t27-,28-/m0/s1. The zero-order valence-electron chi connectivity index (χ0n) is 23.0. The first-order valence-corrected chi connectivity index (χ1v) is 13.6. The SMILES string of the molecule is CC[C@H](NC(=O)OC)C(=O)N1CCC[C@H]1C(=O)Nc1ccc(CN(Cc2ccc(N)cc2)c2ccccc2)cc1. The summed E-state index contributed by atoms with van der Waals surface area (Å²) in [6.07, 6.45) is 1.03. The summed E-state index contributed by atoms with van der Waals surface area (Å²) in [6, 6.07) is 24.6. The van der Waals surface area contributed by atoms with Crippen LogP contribution in [0.1, 0.15) is 37.3 Å². The summed E-state index contributed by atoms with van der Waals surface area (Å²) in [7, 11) is 1.25. The van der Waals surface area contributed by atoms with Crippen LogP contribution in [0.2, 0.25) is 0 Å². The van der Waals surface area contributed by atoms with Crippen molar-refractivity contribution >= 4 is 35.0 Å². The van der Waals surface area contributed by atoms with E-state index >= 15 is 0 Å². The second kappa shape index (κ2) is 13.5. The smallest absolute Gasteiger partial charge is 0.407 e. The lowest BCUT2D eigenvalue weighted by atomic mass is 10.1. The van der Waals surface area contributed by atoms with Crippen LogP contribution in [0.3, 0.4) is 0 Å². The Hall–Kier alpha value is -4.53. The Balaban J connectivity index is 1.41. The molecule has 3 aromatic rings. The number of hydrogen-bond donors (Lipinski definition) is 3. The Morgan fingerprint density at radius 1 is 0.975 bits per heavy atom. The van der Waals surface area contributed by atoms with Gasteiger partial charge in [-0.1, -0.05) is 49.4 Å². The predicted octanol–water partition coefficient (Wildman–Crippen LogP) is 4.54. The third kappa shape index (κ3) is 7.31. The lowest BCUT2D eigenvalue weighted by Crippen LogP contribution is -2.52. The molecule has 210 valence electrons. The van der Waals surface area contributed by atoms with Crippen molar-refractivity contribution in [3.63, 3.8) is 0 Å². The van der Waals surface area contributed by atoms with Gasteiger partial charge in [-0.15, -0.1) is 0 Å². The van der Waals surface area contributed by atoms with Gasteiger partial charge in [-0.2, -0.15) is 0 Å². The van der Waals surface area contributed by atoms with Gasteiger partial charge in [0.25, 0.3) is 0 Å². The number of nitrogens with one attached hydrogen (secondary N) is 2. The topological polar surface area (TPSA) is 117 Å². The Kier molecular flexibility index (Phi) is 9.62. The molecule has 3 aromatic carbocycles. The van der Waals surface area contributed by atoms with Crippen LogP contribution in [0, 0.1) is 0 Å². The monoisotopic (exact) mass is 543 g/mol. The van der Waals surface area contributed by atoms with Gasteiger partial charge < -0.3 is 30.9 Å². The Morgan fingerprint density at radius 2 is 1.60 bits per heavy atom. The molecule has 0 saturated carbocycles. The highest BCUT2D eigenvalue weighted by Crippen LogP contribution is 2.23. The summed E-state index contributed by atoms with van der Waals surface area (Å²) in [4.78, 5) is 41.7. The average Bonchev–Trinajstić information content (AvgIpc) is 3.48. The van der Waals surface area contributed by atoms with Crippen molar-refractivity contribution in [3.05, 3.63) is 90.0 Å². The van der Waals surface area contributed by atoms with Gasteiger partial charge in [0.05, 0.1) is 7.11 Å². The van der Waals surface area contributed by atoms with E-state index in [2.05, 4.69) is 32.4 Å². The van der Waals surface area contributed by atoms with Gasteiger partial charge in [0.15, 0.2) is 0 Å². The van der Waals surface area contributed by atoms with E-state index in [1.54, 1.807) is 11.8 Å². The van der Waals surface area contributed by atoms with Crippen LogP contribution in [0.4, 0.5) is 21.9 Å². The third-order valence-corrected chi connectivity index (χ3v) is 7.09. The Bertz CT molecular complexity index is 1280. The van der Waals surface area contributed by atoms with E-state index in [1.165, 1.54) is 7.11 Å². The van der Waals surface area contributed by atoms with Crippen molar-refractivity contribution in [3.8, 4) is 0 Å². The predicted molar refractivity (Wildman–Crippen MR) is 157 cm³/mol. The van der Waals surface area contributed by atoms with Gasteiger partial charge in [-0.05, 0) is 66.8 Å². The number of anilines is 3. The van der Waals surface area contributed by atoms with E-state index < -0.39 is 18.2 Å². The molecule has 1 heterocycles. The quantitative estimate of drug-likeness (QED) is 0.323. The van der Waals surface area contributed by atoms with Crippen LogP contribution < -0.4 is 21.3 Å². The highest BCUT2D eigenvalue weighted by atomic mass is 16.5. The summed E-state index contributed by atoms with van der Waals surface area (Å²) in [6.45, 7) is 3.68. The highest BCUT2D eigenvalue weighted by molar-refractivity contribution is 5.98. The third-order valence-electron chi connectivity index (χ3n) is 7.09. The number of carbonyl (C=O) groups excluding carboxylic acids is 3. The summed E-state index contributed by atoms with van der Waals surface area (Å²) >= 11 is 0. The molecule has 0 aliphatic carbocycles. The molecule has 1 aliphatic heterocycles. The fraction of sp³-hybridized carbons (Fsp3) is 0.323. The maximum atomic E-state index is 13.2. The van der Waals surface area contributed by atoms with E-state index in [0.717, 1.165) is 35.5 Å². The van der Waals surface area contributed by atoms with E-state index in [-0.39, 0.29) is 11.8 Å². The van der Waals surface area contributed by atoms with Crippen molar-refractivity contribution in [2.24, 2.45) is 0 Å². The van der Waals surface area contributed by atoms with Crippen molar-refractivity contribution in [1.29, 1.82) is 0 Å². The molecule has 9 nitrogen and oxygen atoms in total. The molecule has 0 radical (unpaired) electrons. The molecule has 0 bridgehead atoms. The molecular weight excluding hydrogens is 506 g/mol. The minimum absolute atomic E-state index is 0.235. The maximum absolute atomic E-state index is 13.2. The molecular formula is C31H37N5O4. The number of amides is 3. The van der Waals surface area contributed by atoms with Crippen LogP contribution in [-0.4, -0.2) is 48.5 Å². The van der Waals surface area contributed by atoms with Gasteiger partial charge in [-0.25, -0.2) is 4.79 Å². The molecule has 1 aliphatic rings. The molecule has 0 unspecified atom stereocenters. The lowest BCUT2D eigenvalue weighted by molar-refractivity contribution is -0.138. The van der Waals surface area contributed by atoms with Gasteiger partial charge in [0, 0.05) is 36.7 Å². The fourth-order valence-corrected chi connectivity index (χ4v) is 4.90. The molecule has 4 rings (SSSR count). The first kappa shape index (κ1) is 28.5. The maximum Gasteiger partial charge on any atom is 0.407 e. The number of carbonyl (C=O) groups is 3. The summed E-state index contributed by atoms with van der Waals surface area (Å²) in [5.41, 5.74) is 10.6. The van der Waals surface area contributed by atoms with Gasteiger partial charge >= 0.3 is 6.09 Å². The number of ether oxygens (including phenoxy) is 1. The first-order chi connectivity index (χ1) is 19.4. The number of benzene rings is 3. The zero-order chi connectivity index (χ0) is 28.5. The molecule has 9 heteroatoms. The summed E-state index contributed by atoms with van der Waals surface area (Å²) < 4.78 is 4.63. The number of hydrogen-bond acceptors (Lipinski definition) is 6. The number of methoxy groups -OCH3 is 1. The number of nitrogens with two attached hydrogens (primary N) is 1. The molecule has 1 saturated heterocycles. The normalized spacial score (nSPS) is 15.2. The molecule has 3 amide bonds. The van der Waals surface area contributed by atoms with Crippen molar-refractivity contribution in [1.82, 2.24) is 10.2 Å². The average molecular weight is 544 g/mol. The number of nitrogens with zero attached hydrogens (tertiary/aromatic N) is 2. The van der Waals surface area contributed by atoms with E-state index in [0.29, 0.717) is 31.6 Å². The van der Waals surface area contributed by atoms with Crippen LogP contribution >= 0.6 is 0 Å². The molecule has 1 fully saturated rings. The molecule has 4 N–H and O–H groups in total. The minimum Gasteiger partial charge on any atom is -0.453 e. The van der Waals surface area contributed by atoms with Gasteiger partial charge in [0.2, 0.25) is 11.8 Å². The Labute approximate surface area is 235 Å². The van der Waals surface area contributed by atoms with Crippen LogP contribution in [-0.2, 0) is 27.4 Å². The van der Waals surface area contributed by atoms with Crippen LogP contribution in [0.25, 0.3) is 0 Å². The first-order valence-electron chi connectivity index (χ1n) is 13.6. The van der Waals surface area contributed by atoms with E-state index in [9.17, 15) is 14.4 Å². The van der Waals surface area contributed by atoms with E-state index in [4.69, 9.17) is 5.73 Å².